The van der Waals surface area contributed by atoms with Crippen molar-refractivity contribution in [1.82, 2.24) is 24.5 Å². The maximum absolute atomic E-state index is 12.1. The molecular formula is C21H24N6O2. The fourth-order valence-electron chi connectivity index (χ4n) is 3.45. The van der Waals surface area contributed by atoms with Crippen LogP contribution >= 0.6 is 0 Å². The molecule has 1 aliphatic heterocycles. The molecule has 2 N–H and O–H groups in total. The summed E-state index contributed by atoms with van der Waals surface area (Å²) in [6.07, 6.45) is 4.05. The lowest BCUT2D eigenvalue weighted by Crippen LogP contribution is -2.50. The fourth-order valence-corrected chi connectivity index (χ4v) is 3.45. The number of anilines is 1. The van der Waals surface area contributed by atoms with E-state index in [0.29, 0.717) is 5.69 Å². The minimum absolute atomic E-state index is 0.213. The van der Waals surface area contributed by atoms with Gasteiger partial charge in [0, 0.05) is 50.8 Å². The van der Waals surface area contributed by atoms with Gasteiger partial charge in [0.1, 0.15) is 5.65 Å². The highest BCUT2D eigenvalue weighted by molar-refractivity contribution is 6.01. The lowest BCUT2D eigenvalue weighted by atomic mass is 10.3. The Morgan fingerprint density at radius 1 is 0.931 bits per heavy atom. The second-order valence-corrected chi connectivity index (χ2v) is 7.12. The van der Waals surface area contributed by atoms with Gasteiger partial charge >= 0.3 is 6.03 Å². The van der Waals surface area contributed by atoms with Crippen molar-refractivity contribution in [1.29, 1.82) is 0 Å². The highest BCUT2D eigenvalue weighted by Gasteiger charge is 2.20. The minimum Gasteiger partial charge on any atom is -0.308 e. The largest absolute Gasteiger partial charge is 0.325 e. The molecular weight excluding hydrogens is 368 g/mol. The van der Waals surface area contributed by atoms with Crippen molar-refractivity contribution < 1.29 is 9.59 Å². The lowest BCUT2D eigenvalue weighted by molar-refractivity contribution is -0.121. The van der Waals surface area contributed by atoms with Crippen molar-refractivity contribution >= 4 is 23.3 Å². The predicted molar refractivity (Wildman–Crippen MR) is 111 cm³/mol. The second-order valence-electron chi connectivity index (χ2n) is 7.12. The molecule has 3 amide bonds. The van der Waals surface area contributed by atoms with Crippen LogP contribution < -0.4 is 10.6 Å². The number of nitrogens with zero attached hydrogens (tertiary/aromatic N) is 4. The molecule has 29 heavy (non-hydrogen) atoms. The summed E-state index contributed by atoms with van der Waals surface area (Å²) in [6.45, 7) is 4.28. The van der Waals surface area contributed by atoms with E-state index in [1.165, 1.54) is 0 Å². The summed E-state index contributed by atoms with van der Waals surface area (Å²) < 4.78 is 2.02. The van der Waals surface area contributed by atoms with Gasteiger partial charge in [0.05, 0.1) is 12.2 Å². The van der Waals surface area contributed by atoms with E-state index in [1.54, 1.807) is 12.1 Å². The lowest BCUT2D eigenvalue weighted by Gasteiger charge is -2.33. The molecule has 0 atom stereocenters. The molecule has 0 spiro atoms. The van der Waals surface area contributed by atoms with Crippen molar-refractivity contribution in [3.63, 3.8) is 0 Å². The maximum Gasteiger partial charge on any atom is 0.325 e. The Hall–Kier alpha value is -3.23. The smallest absolute Gasteiger partial charge is 0.308 e. The van der Waals surface area contributed by atoms with Gasteiger partial charge < -0.3 is 9.72 Å². The number of nitrogens with one attached hydrogen (secondary N) is 2. The molecule has 0 aliphatic carbocycles. The third kappa shape index (κ3) is 5.18. The number of imide groups is 1. The van der Waals surface area contributed by atoms with Gasteiger partial charge in [-0.3, -0.25) is 19.9 Å². The van der Waals surface area contributed by atoms with Crippen LogP contribution in [0, 0.1) is 0 Å². The van der Waals surface area contributed by atoms with Gasteiger partial charge in [-0.2, -0.15) is 0 Å². The molecule has 3 aromatic rings. The number of fused-ring (bicyclic) bond motifs is 1. The summed E-state index contributed by atoms with van der Waals surface area (Å²) in [5.41, 5.74) is 2.64. The van der Waals surface area contributed by atoms with E-state index in [1.807, 2.05) is 47.0 Å². The zero-order valence-corrected chi connectivity index (χ0v) is 16.1. The summed E-state index contributed by atoms with van der Waals surface area (Å²) in [7, 11) is 0. The molecule has 1 saturated heterocycles. The third-order valence-corrected chi connectivity index (χ3v) is 4.92. The van der Waals surface area contributed by atoms with E-state index in [-0.39, 0.29) is 12.5 Å². The first kappa shape index (κ1) is 19.1. The van der Waals surface area contributed by atoms with Gasteiger partial charge in [-0.15, -0.1) is 0 Å². The number of para-hydroxylation sites is 1. The molecule has 2 aromatic heterocycles. The number of carbonyl (C=O) groups is 2. The predicted octanol–water partition coefficient (Wildman–Crippen LogP) is 1.80. The molecule has 0 unspecified atom stereocenters. The molecule has 4 rings (SSSR count). The van der Waals surface area contributed by atoms with E-state index in [0.717, 1.165) is 44.1 Å². The number of imidazole rings is 1. The maximum atomic E-state index is 12.1. The van der Waals surface area contributed by atoms with E-state index >= 15 is 0 Å². The fraction of sp³-hybridized carbons (Fsp3) is 0.286. The van der Waals surface area contributed by atoms with Gasteiger partial charge in [0.2, 0.25) is 5.91 Å². The molecule has 1 aromatic carbocycles. The van der Waals surface area contributed by atoms with Gasteiger partial charge in [-0.25, -0.2) is 9.78 Å². The third-order valence-electron chi connectivity index (χ3n) is 4.92. The molecule has 0 radical (unpaired) electrons. The van der Waals surface area contributed by atoms with Crippen LogP contribution in [0.2, 0.25) is 0 Å². The van der Waals surface area contributed by atoms with Crippen LogP contribution in [0.1, 0.15) is 5.69 Å². The Kier molecular flexibility index (Phi) is 5.83. The molecule has 3 heterocycles. The number of urea groups is 1. The van der Waals surface area contributed by atoms with E-state index in [9.17, 15) is 9.59 Å². The molecule has 8 nitrogen and oxygen atoms in total. The van der Waals surface area contributed by atoms with E-state index < -0.39 is 6.03 Å². The molecule has 0 saturated carbocycles. The molecule has 1 fully saturated rings. The van der Waals surface area contributed by atoms with Crippen molar-refractivity contribution in [3.8, 4) is 0 Å². The second kappa shape index (κ2) is 8.85. The quantitative estimate of drug-likeness (QED) is 0.692. The average molecular weight is 392 g/mol. The van der Waals surface area contributed by atoms with Gasteiger partial charge in [0.25, 0.3) is 0 Å². The molecule has 0 bridgehead atoms. The van der Waals surface area contributed by atoms with Crippen LogP contribution in [-0.2, 0) is 11.3 Å². The normalized spacial score (nSPS) is 15.3. The summed E-state index contributed by atoms with van der Waals surface area (Å²) in [5.74, 6) is -0.299. The van der Waals surface area contributed by atoms with Crippen LogP contribution in [0.15, 0.2) is 60.9 Å². The first-order chi connectivity index (χ1) is 14.2. The Balaban J connectivity index is 1.20. The number of hydrogen-bond donors (Lipinski definition) is 2. The van der Waals surface area contributed by atoms with Gasteiger partial charge in [-0.1, -0.05) is 24.3 Å². The zero-order chi connectivity index (χ0) is 20.1. The number of rotatable bonds is 5. The van der Waals surface area contributed by atoms with E-state index in [4.69, 9.17) is 0 Å². The number of hydrogen-bond acceptors (Lipinski definition) is 5. The Morgan fingerprint density at radius 2 is 1.66 bits per heavy atom. The Bertz CT molecular complexity index is 946. The molecule has 150 valence electrons. The van der Waals surface area contributed by atoms with Crippen molar-refractivity contribution in [2.45, 2.75) is 6.54 Å². The van der Waals surface area contributed by atoms with Crippen molar-refractivity contribution in [3.05, 3.63) is 66.6 Å². The monoisotopic (exact) mass is 392 g/mol. The standard InChI is InChI=1S/C21H24N6O2/c28-20(24-21(29)23-17-6-2-1-3-7-17)16-26-12-10-25(11-13-26)14-18-15-27-9-5-4-8-19(27)22-18/h1-9,15H,10-14,16H2,(H2,23,24,28,29). The highest BCUT2D eigenvalue weighted by Crippen LogP contribution is 2.10. The van der Waals surface area contributed by atoms with Crippen molar-refractivity contribution in [2.75, 3.05) is 38.0 Å². The topological polar surface area (TPSA) is 82.0 Å². The van der Waals surface area contributed by atoms with Crippen LogP contribution in [0.4, 0.5) is 10.5 Å². The summed E-state index contributed by atoms with van der Waals surface area (Å²) in [6, 6.07) is 14.5. The summed E-state index contributed by atoms with van der Waals surface area (Å²) >= 11 is 0. The van der Waals surface area contributed by atoms with Gasteiger partial charge in [0.15, 0.2) is 0 Å². The number of aromatic nitrogens is 2. The average Bonchev–Trinajstić information content (AvgIpc) is 3.12. The molecule has 1 aliphatic rings. The number of benzene rings is 1. The van der Waals surface area contributed by atoms with Crippen LogP contribution in [0.3, 0.4) is 0 Å². The number of amides is 3. The summed E-state index contributed by atoms with van der Waals surface area (Å²) in [5, 5.41) is 5.03. The minimum atomic E-state index is -0.508. The van der Waals surface area contributed by atoms with Gasteiger partial charge in [-0.05, 0) is 24.3 Å². The van der Waals surface area contributed by atoms with Crippen LogP contribution in [-0.4, -0.2) is 63.8 Å². The SMILES string of the molecule is O=C(CN1CCN(Cc2cn3ccccc3n2)CC1)NC(=O)Nc1ccccc1. The number of pyridine rings is 1. The van der Waals surface area contributed by atoms with E-state index in [2.05, 4.69) is 31.6 Å². The Morgan fingerprint density at radius 3 is 2.41 bits per heavy atom. The molecule has 8 heteroatoms. The highest BCUT2D eigenvalue weighted by atomic mass is 16.2. The number of piperazine rings is 1. The van der Waals surface area contributed by atoms with Crippen LogP contribution in [0.5, 0.6) is 0 Å². The number of carbonyl (C=O) groups excluding carboxylic acids is 2. The van der Waals surface area contributed by atoms with Crippen LogP contribution in [0.25, 0.3) is 5.65 Å². The summed E-state index contributed by atoms with van der Waals surface area (Å²) in [4.78, 5) is 33.1. The Labute approximate surface area is 169 Å². The first-order valence-corrected chi connectivity index (χ1v) is 9.69. The zero-order valence-electron chi connectivity index (χ0n) is 16.1. The first-order valence-electron chi connectivity index (χ1n) is 9.69. The van der Waals surface area contributed by atoms with Crippen molar-refractivity contribution in [2.24, 2.45) is 0 Å².